The lowest BCUT2D eigenvalue weighted by Crippen LogP contribution is -2.43. The van der Waals surface area contributed by atoms with Crippen LogP contribution in [0, 0.1) is 0 Å². The average Bonchev–Trinajstić information content (AvgIpc) is 2.62. The topological polar surface area (TPSA) is 91.6 Å². The summed E-state index contributed by atoms with van der Waals surface area (Å²) in [7, 11) is 3.10. The van der Waals surface area contributed by atoms with E-state index in [0.29, 0.717) is 37.1 Å². The zero-order chi connectivity index (χ0) is 18.2. The van der Waals surface area contributed by atoms with Gasteiger partial charge >= 0.3 is 5.69 Å². The van der Waals surface area contributed by atoms with E-state index in [0.717, 1.165) is 4.57 Å². The van der Waals surface area contributed by atoms with Crippen LogP contribution >= 0.6 is 0 Å². The fourth-order valence-electron chi connectivity index (χ4n) is 2.58. The Hall–Kier alpha value is -2.45. The van der Waals surface area contributed by atoms with Crippen molar-refractivity contribution in [3.8, 4) is 0 Å². The number of hydrogen-bond donors (Lipinski definition) is 1. The summed E-state index contributed by atoms with van der Waals surface area (Å²) in [5.41, 5.74) is -0.406. The molecule has 1 aromatic heterocycles. The Bertz CT molecular complexity index is 840. The lowest BCUT2D eigenvalue weighted by Gasteiger charge is -2.14. The Morgan fingerprint density at radius 1 is 1.08 bits per heavy atom. The quantitative estimate of drug-likeness (QED) is 0.642. The maximum atomic E-state index is 12.7. The number of fused-ring (bicyclic) bond motifs is 1. The molecule has 0 aliphatic rings. The van der Waals surface area contributed by atoms with Gasteiger partial charge in [-0.05, 0) is 18.6 Å². The summed E-state index contributed by atoms with van der Waals surface area (Å²) < 4.78 is 12.3. The van der Waals surface area contributed by atoms with Crippen molar-refractivity contribution >= 4 is 16.8 Å². The molecule has 1 N–H and O–H groups in total. The molecule has 1 amide bonds. The van der Waals surface area contributed by atoms with Crippen LogP contribution < -0.4 is 16.6 Å². The van der Waals surface area contributed by atoms with Gasteiger partial charge in [-0.1, -0.05) is 12.1 Å². The van der Waals surface area contributed by atoms with Crippen molar-refractivity contribution in [1.82, 2.24) is 14.5 Å². The SMILES string of the molecule is COCCCn1c(=O)c2ccccc2n(CC(=O)NCCOC)c1=O. The molecule has 0 fully saturated rings. The first-order chi connectivity index (χ1) is 12.1. The van der Waals surface area contributed by atoms with Crippen LogP contribution in [0.5, 0.6) is 0 Å². The van der Waals surface area contributed by atoms with Gasteiger partial charge in [0.15, 0.2) is 0 Å². The zero-order valence-corrected chi connectivity index (χ0v) is 14.5. The molecule has 136 valence electrons. The van der Waals surface area contributed by atoms with Crippen molar-refractivity contribution in [3.05, 3.63) is 45.1 Å². The summed E-state index contributed by atoms with van der Waals surface area (Å²) >= 11 is 0. The third-order valence-electron chi connectivity index (χ3n) is 3.79. The van der Waals surface area contributed by atoms with Crippen LogP contribution in [0.25, 0.3) is 10.9 Å². The normalized spacial score (nSPS) is 11.0. The highest BCUT2D eigenvalue weighted by molar-refractivity contribution is 5.81. The van der Waals surface area contributed by atoms with Gasteiger partial charge in [-0.2, -0.15) is 0 Å². The lowest BCUT2D eigenvalue weighted by atomic mass is 10.2. The summed E-state index contributed by atoms with van der Waals surface area (Å²) in [6.45, 7) is 1.26. The predicted molar refractivity (Wildman–Crippen MR) is 93.8 cm³/mol. The molecule has 0 atom stereocenters. The summed E-state index contributed by atoms with van der Waals surface area (Å²) in [5, 5.41) is 3.09. The van der Waals surface area contributed by atoms with Gasteiger partial charge < -0.3 is 14.8 Å². The van der Waals surface area contributed by atoms with E-state index in [-0.39, 0.29) is 24.6 Å². The number of hydrogen-bond acceptors (Lipinski definition) is 5. The number of ether oxygens (including phenoxy) is 2. The number of nitrogens with zero attached hydrogens (tertiary/aromatic N) is 2. The third kappa shape index (κ3) is 4.55. The number of amides is 1. The van der Waals surface area contributed by atoms with Crippen molar-refractivity contribution in [2.45, 2.75) is 19.5 Å². The van der Waals surface area contributed by atoms with Crippen LogP contribution in [0.2, 0.25) is 0 Å². The first-order valence-electron chi connectivity index (χ1n) is 8.07. The fourth-order valence-corrected chi connectivity index (χ4v) is 2.58. The average molecular weight is 349 g/mol. The van der Waals surface area contributed by atoms with Crippen LogP contribution in [0.4, 0.5) is 0 Å². The molecular weight excluding hydrogens is 326 g/mol. The highest BCUT2D eigenvalue weighted by Crippen LogP contribution is 2.07. The molecule has 2 rings (SSSR count). The Morgan fingerprint density at radius 3 is 2.52 bits per heavy atom. The van der Waals surface area contributed by atoms with Gasteiger partial charge in [-0.25, -0.2) is 4.79 Å². The van der Waals surface area contributed by atoms with Crippen LogP contribution in [-0.2, 0) is 27.4 Å². The molecule has 8 heteroatoms. The molecule has 25 heavy (non-hydrogen) atoms. The van der Waals surface area contributed by atoms with E-state index in [2.05, 4.69) is 5.32 Å². The molecule has 0 aliphatic carbocycles. The fraction of sp³-hybridized carbons (Fsp3) is 0.471. The van der Waals surface area contributed by atoms with Gasteiger partial charge in [-0.3, -0.25) is 18.7 Å². The maximum Gasteiger partial charge on any atom is 0.331 e. The number of nitrogens with one attached hydrogen (secondary N) is 1. The van der Waals surface area contributed by atoms with E-state index in [9.17, 15) is 14.4 Å². The highest BCUT2D eigenvalue weighted by Gasteiger charge is 2.14. The summed E-state index contributed by atoms with van der Waals surface area (Å²) in [6, 6.07) is 6.79. The Balaban J connectivity index is 2.41. The van der Waals surface area contributed by atoms with Gasteiger partial charge in [-0.15, -0.1) is 0 Å². The van der Waals surface area contributed by atoms with Crippen LogP contribution in [-0.4, -0.2) is 49.0 Å². The van der Waals surface area contributed by atoms with Crippen LogP contribution in [0.15, 0.2) is 33.9 Å². The monoisotopic (exact) mass is 349 g/mol. The number of carbonyl (C=O) groups excluding carboxylic acids is 1. The van der Waals surface area contributed by atoms with E-state index >= 15 is 0 Å². The van der Waals surface area contributed by atoms with E-state index in [4.69, 9.17) is 9.47 Å². The molecule has 0 spiro atoms. The van der Waals surface area contributed by atoms with Crippen molar-refractivity contribution in [3.63, 3.8) is 0 Å². The number of methoxy groups -OCH3 is 2. The van der Waals surface area contributed by atoms with Crippen molar-refractivity contribution in [1.29, 1.82) is 0 Å². The second kappa shape index (κ2) is 9.14. The van der Waals surface area contributed by atoms with Gasteiger partial charge in [0, 0.05) is 33.9 Å². The standard InChI is InChI=1S/C17H23N3O5/c1-24-10-5-9-19-16(22)13-6-3-4-7-14(13)20(17(19)23)12-15(21)18-8-11-25-2/h3-4,6-7H,5,8-12H2,1-2H3,(H,18,21). The van der Waals surface area contributed by atoms with Crippen molar-refractivity contribution in [2.75, 3.05) is 34.0 Å². The minimum absolute atomic E-state index is 0.159. The highest BCUT2D eigenvalue weighted by atomic mass is 16.5. The van der Waals surface area contributed by atoms with E-state index in [1.54, 1.807) is 38.5 Å². The van der Waals surface area contributed by atoms with E-state index in [1.165, 1.54) is 4.57 Å². The number of para-hydroxylation sites is 1. The smallest absolute Gasteiger partial charge is 0.331 e. The van der Waals surface area contributed by atoms with Crippen molar-refractivity contribution in [2.24, 2.45) is 0 Å². The Morgan fingerprint density at radius 2 is 1.80 bits per heavy atom. The molecule has 0 unspecified atom stereocenters. The Labute approximate surface area is 145 Å². The second-order valence-corrected chi connectivity index (χ2v) is 5.53. The third-order valence-corrected chi connectivity index (χ3v) is 3.79. The van der Waals surface area contributed by atoms with E-state index < -0.39 is 5.69 Å². The number of benzene rings is 1. The van der Waals surface area contributed by atoms with E-state index in [1.807, 2.05) is 0 Å². The van der Waals surface area contributed by atoms with Crippen molar-refractivity contribution < 1.29 is 14.3 Å². The molecule has 0 bridgehead atoms. The minimum atomic E-state index is -0.498. The molecule has 0 saturated heterocycles. The second-order valence-electron chi connectivity index (χ2n) is 5.53. The minimum Gasteiger partial charge on any atom is -0.385 e. The largest absolute Gasteiger partial charge is 0.385 e. The lowest BCUT2D eigenvalue weighted by molar-refractivity contribution is -0.121. The summed E-state index contributed by atoms with van der Waals surface area (Å²) in [4.78, 5) is 37.4. The summed E-state index contributed by atoms with van der Waals surface area (Å²) in [6.07, 6.45) is 0.532. The molecule has 0 aliphatic heterocycles. The molecule has 1 aromatic carbocycles. The van der Waals surface area contributed by atoms with Crippen LogP contribution in [0.1, 0.15) is 6.42 Å². The van der Waals surface area contributed by atoms with Gasteiger partial charge in [0.25, 0.3) is 5.56 Å². The maximum absolute atomic E-state index is 12.7. The van der Waals surface area contributed by atoms with Gasteiger partial charge in [0.2, 0.25) is 5.91 Å². The molecular formula is C17H23N3O5. The molecule has 0 radical (unpaired) electrons. The molecule has 8 nitrogen and oxygen atoms in total. The first kappa shape index (κ1) is 18.9. The number of rotatable bonds is 9. The Kier molecular flexibility index (Phi) is 6.91. The summed E-state index contributed by atoms with van der Waals surface area (Å²) in [5.74, 6) is -0.314. The predicted octanol–water partition coefficient (Wildman–Crippen LogP) is -0.0377. The molecule has 2 aromatic rings. The number of aromatic nitrogens is 2. The van der Waals surface area contributed by atoms with Gasteiger partial charge in [0.1, 0.15) is 6.54 Å². The number of carbonyl (C=O) groups is 1. The van der Waals surface area contributed by atoms with Crippen LogP contribution in [0.3, 0.4) is 0 Å². The zero-order valence-electron chi connectivity index (χ0n) is 14.5. The molecule has 0 saturated carbocycles. The van der Waals surface area contributed by atoms with Gasteiger partial charge in [0.05, 0.1) is 17.5 Å². The molecule has 1 heterocycles. The first-order valence-corrected chi connectivity index (χ1v) is 8.07.